The molecule has 0 radical (unpaired) electrons. The van der Waals surface area contributed by atoms with Gasteiger partial charge in [-0.15, -0.1) is 0 Å². The Balaban J connectivity index is 1.71. The smallest absolute Gasteiger partial charge is 0.114 e. The highest BCUT2D eigenvalue weighted by molar-refractivity contribution is 4.79. The minimum atomic E-state index is -0.559. The Labute approximate surface area is 79.5 Å². The van der Waals surface area contributed by atoms with E-state index in [4.69, 9.17) is 0 Å². The van der Waals surface area contributed by atoms with E-state index in [-0.39, 0.29) is 0 Å². The van der Waals surface area contributed by atoms with Gasteiger partial charge in [-0.3, -0.25) is 0 Å². The lowest BCUT2D eigenvalue weighted by Crippen LogP contribution is -2.37. The first-order valence-electron chi connectivity index (χ1n) is 5.42. The van der Waals surface area contributed by atoms with Crippen molar-refractivity contribution in [3.8, 4) is 0 Å². The van der Waals surface area contributed by atoms with Gasteiger partial charge in [0.25, 0.3) is 0 Å². The molecule has 2 saturated heterocycles. The molecule has 1 unspecified atom stereocenters. The van der Waals surface area contributed by atoms with Gasteiger partial charge in [-0.25, -0.2) is 4.39 Å². The van der Waals surface area contributed by atoms with E-state index in [1.807, 2.05) is 0 Å². The molecule has 0 aromatic rings. The highest BCUT2D eigenvalue weighted by Gasteiger charge is 2.24. The Hall–Kier alpha value is -0.150. The van der Waals surface area contributed by atoms with Gasteiger partial charge in [-0.1, -0.05) is 0 Å². The molecule has 13 heavy (non-hydrogen) atoms. The second kappa shape index (κ2) is 4.38. The number of nitrogens with one attached hydrogen (secondary N) is 1. The Morgan fingerprint density at radius 1 is 1.38 bits per heavy atom. The molecule has 76 valence electrons. The summed E-state index contributed by atoms with van der Waals surface area (Å²) in [7, 11) is 0. The van der Waals surface area contributed by atoms with Crippen molar-refractivity contribution in [2.24, 2.45) is 5.92 Å². The first-order chi connectivity index (χ1) is 6.34. The second-order valence-corrected chi connectivity index (χ2v) is 4.36. The molecule has 1 N–H and O–H groups in total. The van der Waals surface area contributed by atoms with Gasteiger partial charge in [0.2, 0.25) is 0 Å². The highest BCUT2D eigenvalue weighted by Crippen LogP contribution is 2.17. The van der Waals surface area contributed by atoms with Gasteiger partial charge >= 0.3 is 0 Å². The fourth-order valence-corrected chi connectivity index (χ4v) is 2.40. The van der Waals surface area contributed by atoms with Crippen molar-refractivity contribution < 1.29 is 4.39 Å². The van der Waals surface area contributed by atoms with E-state index in [1.54, 1.807) is 0 Å². The minimum absolute atomic E-state index is 0.559. The molecule has 0 aromatic carbocycles. The molecular formula is C10H19FN2. The number of hydrogen-bond acceptors (Lipinski definition) is 2. The third-order valence-electron chi connectivity index (χ3n) is 3.13. The fourth-order valence-electron chi connectivity index (χ4n) is 2.40. The number of likely N-dealkylation sites (tertiary alicyclic amines) is 1. The van der Waals surface area contributed by atoms with Crippen LogP contribution >= 0.6 is 0 Å². The predicted octanol–water partition coefficient (Wildman–Crippen LogP) is 1.03. The van der Waals surface area contributed by atoms with E-state index in [2.05, 4.69) is 10.2 Å². The number of piperidine rings is 1. The number of alkyl halides is 1. The van der Waals surface area contributed by atoms with Crippen molar-refractivity contribution in [3.63, 3.8) is 0 Å². The maximum absolute atomic E-state index is 12.9. The zero-order valence-electron chi connectivity index (χ0n) is 8.14. The summed E-state index contributed by atoms with van der Waals surface area (Å²) in [5, 5.41) is 3.40. The van der Waals surface area contributed by atoms with Crippen LogP contribution in [-0.2, 0) is 0 Å². The standard InChI is InChI=1S/C10H19FN2/c11-10-3-5-13(8-10)7-9-2-1-4-12-6-9/h9-10,12H,1-8H2/t9-,10?/m0/s1. The number of rotatable bonds is 2. The topological polar surface area (TPSA) is 15.3 Å². The summed E-state index contributed by atoms with van der Waals surface area (Å²) < 4.78 is 12.9. The van der Waals surface area contributed by atoms with E-state index >= 15 is 0 Å². The molecule has 0 amide bonds. The van der Waals surface area contributed by atoms with Crippen molar-refractivity contribution in [3.05, 3.63) is 0 Å². The Morgan fingerprint density at radius 2 is 2.31 bits per heavy atom. The van der Waals surface area contributed by atoms with Crippen LogP contribution in [0.5, 0.6) is 0 Å². The SMILES string of the molecule is FC1CCN(C[C@H]2CCCNC2)C1. The molecule has 2 atom stereocenters. The zero-order chi connectivity index (χ0) is 9.10. The number of nitrogens with zero attached hydrogens (tertiary/aromatic N) is 1. The number of hydrogen-bond donors (Lipinski definition) is 1. The second-order valence-electron chi connectivity index (χ2n) is 4.36. The summed E-state index contributed by atoms with van der Waals surface area (Å²) in [6.45, 7) is 5.05. The van der Waals surface area contributed by atoms with Crippen molar-refractivity contribution in [2.45, 2.75) is 25.4 Å². The van der Waals surface area contributed by atoms with Crippen molar-refractivity contribution >= 4 is 0 Å². The van der Waals surface area contributed by atoms with E-state index < -0.39 is 6.17 Å². The molecule has 0 bridgehead atoms. The molecule has 2 aliphatic heterocycles. The maximum atomic E-state index is 12.9. The normalized spacial score (nSPS) is 36.7. The van der Waals surface area contributed by atoms with Gasteiger partial charge in [-0.05, 0) is 38.3 Å². The Kier molecular flexibility index (Phi) is 3.17. The van der Waals surface area contributed by atoms with Gasteiger partial charge < -0.3 is 10.2 Å². The van der Waals surface area contributed by atoms with Crippen molar-refractivity contribution in [1.29, 1.82) is 0 Å². The summed E-state index contributed by atoms with van der Waals surface area (Å²) >= 11 is 0. The van der Waals surface area contributed by atoms with Crippen LogP contribution in [0, 0.1) is 5.92 Å². The van der Waals surface area contributed by atoms with Gasteiger partial charge in [0, 0.05) is 19.6 Å². The number of halogens is 1. The van der Waals surface area contributed by atoms with Gasteiger partial charge in [0.1, 0.15) is 6.17 Å². The summed E-state index contributed by atoms with van der Waals surface area (Å²) in [5.74, 6) is 0.763. The van der Waals surface area contributed by atoms with E-state index in [0.717, 1.165) is 32.0 Å². The summed E-state index contributed by atoms with van der Waals surface area (Å²) in [6, 6.07) is 0. The molecule has 2 aliphatic rings. The molecule has 2 fully saturated rings. The lowest BCUT2D eigenvalue weighted by atomic mass is 9.99. The largest absolute Gasteiger partial charge is 0.316 e. The first kappa shape index (κ1) is 9.41. The van der Waals surface area contributed by atoms with Crippen molar-refractivity contribution in [2.75, 3.05) is 32.7 Å². The van der Waals surface area contributed by atoms with Gasteiger partial charge in [0.05, 0.1) is 0 Å². The van der Waals surface area contributed by atoms with Gasteiger partial charge in [0.15, 0.2) is 0 Å². The zero-order valence-corrected chi connectivity index (χ0v) is 8.14. The predicted molar refractivity (Wildman–Crippen MR) is 51.5 cm³/mol. The van der Waals surface area contributed by atoms with Crippen LogP contribution in [0.1, 0.15) is 19.3 Å². The molecular weight excluding hydrogens is 167 g/mol. The molecule has 2 rings (SSSR count). The average molecular weight is 186 g/mol. The highest BCUT2D eigenvalue weighted by atomic mass is 19.1. The quantitative estimate of drug-likeness (QED) is 0.693. The molecule has 3 heteroatoms. The molecule has 0 saturated carbocycles. The van der Waals surface area contributed by atoms with E-state index in [0.29, 0.717) is 6.54 Å². The fraction of sp³-hybridized carbons (Fsp3) is 1.00. The van der Waals surface area contributed by atoms with Crippen LogP contribution in [0.15, 0.2) is 0 Å². The van der Waals surface area contributed by atoms with Crippen LogP contribution in [0.4, 0.5) is 4.39 Å². The molecule has 0 aliphatic carbocycles. The van der Waals surface area contributed by atoms with Crippen LogP contribution in [0.2, 0.25) is 0 Å². The summed E-state index contributed by atoms with van der Waals surface area (Å²) in [6.07, 6.45) is 2.80. The monoisotopic (exact) mass is 186 g/mol. The van der Waals surface area contributed by atoms with E-state index in [1.165, 1.54) is 19.4 Å². The van der Waals surface area contributed by atoms with Gasteiger partial charge in [-0.2, -0.15) is 0 Å². The van der Waals surface area contributed by atoms with Crippen LogP contribution in [0.25, 0.3) is 0 Å². The third-order valence-corrected chi connectivity index (χ3v) is 3.13. The maximum Gasteiger partial charge on any atom is 0.114 e. The Morgan fingerprint density at radius 3 is 2.92 bits per heavy atom. The summed E-state index contributed by atoms with van der Waals surface area (Å²) in [4.78, 5) is 2.28. The third kappa shape index (κ3) is 2.64. The Bertz CT molecular complexity index is 154. The molecule has 0 aromatic heterocycles. The van der Waals surface area contributed by atoms with Crippen LogP contribution < -0.4 is 5.32 Å². The lowest BCUT2D eigenvalue weighted by molar-refractivity contribution is 0.227. The average Bonchev–Trinajstić information content (AvgIpc) is 2.53. The molecule has 2 heterocycles. The van der Waals surface area contributed by atoms with Crippen LogP contribution in [-0.4, -0.2) is 43.8 Å². The lowest BCUT2D eigenvalue weighted by Gasteiger charge is -2.27. The first-order valence-corrected chi connectivity index (χ1v) is 5.42. The van der Waals surface area contributed by atoms with Crippen molar-refractivity contribution in [1.82, 2.24) is 10.2 Å². The molecule has 0 spiro atoms. The molecule has 2 nitrogen and oxygen atoms in total. The van der Waals surface area contributed by atoms with Crippen LogP contribution in [0.3, 0.4) is 0 Å². The van der Waals surface area contributed by atoms with E-state index in [9.17, 15) is 4.39 Å². The minimum Gasteiger partial charge on any atom is -0.316 e. The summed E-state index contributed by atoms with van der Waals surface area (Å²) in [5.41, 5.74) is 0.